The van der Waals surface area contributed by atoms with Crippen LogP contribution in [0.5, 0.6) is 0 Å². The number of carbonyl (C=O) groups is 1. The summed E-state index contributed by atoms with van der Waals surface area (Å²) in [5.74, 6) is -0.104. The van der Waals surface area contributed by atoms with E-state index >= 15 is 0 Å². The molecule has 5 rings (SSSR count). The van der Waals surface area contributed by atoms with Crippen molar-refractivity contribution in [1.29, 1.82) is 0 Å². The molecule has 3 atom stereocenters. The van der Waals surface area contributed by atoms with Crippen molar-refractivity contribution in [1.82, 2.24) is 0 Å². The topological polar surface area (TPSA) is 49.3 Å². The molecule has 27 heavy (non-hydrogen) atoms. The zero-order valence-electron chi connectivity index (χ0n) is 15.1. The molecular formula is C24H21NO2. The quantitative estimate of drug-likeness (QED) is 0.582. The molecule has 0 aromatic heterocycles. The largest absolute Gasteiger partial charge is 0.478 e. The van der Waals surface area contributed by atoms with Crippen molar-refractivity contribution in [3.05, 3.63) is 89.0 Å². The molecule has 0 bridgehead atoms. The van der Waals surface area contributed by atoms with Crippen molar-refractivity contribution in [3.8, 4) is 0 Å². The number of hydrogen-bond acceptors (Lipinski definition) is 2. The molecule has 1 heterocycles. The second-order valence-electron chi connectivity index (χ2n) is 7.55. The molecule has 1 aliphatic heterocycles. The Bertz CT molecular complexity index is 1090. The average molecular weight is 355 g/mol. The summed E-state index contributed by atoms with van der Waals surface area (Å²) in [4.78, 5) is 11.6. The van der Waals surface area contributed by atoms with Gasteiger partial charge in [-0.3, -0.25) is 0 Å². The van der Waals surface area contributed by atoms with Crippen LogP contribution in [0.15, 0.2) is 66.7 Å². The van der Waals surface area contributed by atoms with Gasteiger partial charge in [0.15, 0.2) is 0 Å². The van der Waals surface area contributed by atoms with Crippen molar-refractivity contribution in [2.75, 3.05) is 5.32 Å². The molecule has 0 radical (unpaired) electrons. The molecular weight excluding hydrogens is 334 g/mol. The van der Waals surface area contributed by atoms with Crippen LogP contribution in [0.4, 0.5) is 5.69 Å². The molecule has 3 heteroatoms. The number of aromatic carboxylic acids is 1. The predicted molar refractivity (Wildman–Crippen MR) is 108 cm³/mol. The SMILES string of the molecule is Cc1c(C(=O)O)ccc2c1N[C@H](c1cccc3ccccc13)[C@@H]1CC=C[C@@H]21. The fourth-order valence-corrected chi connectivity index (χ4v) is 4.88. The van der Waals surface area contributed by atoms with E-state index in [1.165, 1.54) is 21.9 Å². The number of carboxylic acid groups (broad SMARTS) is 1. The maximum absolute atomic E-state index is 11.6. The summed E-state index contributed by atoms with van der Waals surface area (Å²) in [5.41, 5.74) is 4.69. The summed E-state index contributed by atoms with van der Waals surface area (Å²) < 4.78 is 0. The standard InChI is InChI=1S/C24H21NO2/c1-14-16(24(26)27)12-13-21-18-9-5-11-20(18)23(25-22(14)21)19-10-4-7-15-6-2-3-8-17(15)19/h2-10,12-13,18,20,23,25H,11H2,1H3,(H,26,27)/t18-,20-,23-/m1/s1. The first kappa shape index (κ1) is 16.1. The first-order valence-corrected chi connectivity index (χ1v) is 9.43. The Kier molecular flexibility index (Phi) is 3.57. The van der Waals surface area contributed by atoms with Crippen LogP contribution in [0.25, 0.3) is 10.8 Å². The van der Waals surface area contributed by atoms with E-state index in [2.05, 4.69) is 59.9 Å². The van der Waals surface area contributed by atoms with Gasteiger partial charge in [0.2, 0.25) is 0 Å². The van der Waals surface area contributed by atoms with E-state index in [-0.39, 0.29) is 6.04 Å². The van der Waals surface area contributed by atoms with Gasteiger partial charge in [-0.15, -0.1) is 0 Å². The lowest BCUT2D eigenvalue weighted by Crippen LogP contribution is -2.30. The number of carboxylic acids is 1. The van der Waals surface area contributed by atoms with Gasteiger partial charge in [-0.05, 0) is 52.8 Å². The monoisotopic (exact) mass is 355 g/mol. The molecule has 0 spiro atoms. The summed E-state index contributed by atoms with van der Waals surface area (Å²) in [6.07, 6.45) is 5.59. The smallest absolute Gasteiger partial charge is 0.336 e. The number of rotatable bonds is 2. The molecule has 2 aliphatic rings. The Balaban J connectivity index is 1.70. The predicted octanol–water partition coefficient (Wildman–Crippen LogP) is 5.67. The highest BCUT2D eigenvalue weighted by molar-refractivity contribution is 5.92. The molecule has 0 saturated heterocycles. The van der Waals surface area contributed by atoms with Crippen molar-refractivity contribution >= 4 is 22.4 Å². The van der Waals surface area contributed by atoms with Crippen LogP contribution in [-0.4, -0.2) is 11.1 Å². The van der Waals surface area contributed by atoms with Crippen LogP contribution < -0.4 is 5.32 Å². The molecule has 0 saturated carbocycles. The van der Waals surface area contributed by atoms with E-state index in [1.54, 1.807) is 6.07 Å². The minimum atomic E-state index is -0.872. The van der Waals surface area contributed by atoms with Gasteiger partial charge in [0, 0.05) is 11.6 Å². The zero-order valence-corrected chi connectivity index (χ0v) is 15.1. The lowest BCUT2D eigenvalue weighted by Gasteiger charge is -2.39. The third-order valence-corrected chi connectivity index (χ3v) is 6.19. The number of hydrogen-bond donors (Lipinski definition) is 2. The van der Waals surface area contributed by atoms with E-state index in [4.69, 9.17) is 0 Å². The number of benzene rings is 3. The first-order valence-electron chi connectivity index (χ1n) is 9.43. The Hall–Kier alpha value is -3.07. The molecule has 0 unspecified atom stereocenters. The normalized spacial score (nSPS) is 22.9. The van der Waals surface area contributed by atoms with E-state index < -0.39 is 5.97 Å². The lowest BCUT2D eigenvalue weighted by atomic mass is 9.75. The molecule has 2 N–H and O–H groups in total. The minimum absolute atomic E-state index is 0.159. The van der Waals surface area contributed by atoms with E-state index in [0.29, 0.717) is 17.4 Å². The highest BCUT2D eigenvalue weighted by Gasteiger charge is 2.39. The summed E-state index contributed by atoms with van der Waals surface area (Å²) in [6, 6.07) is 18.8. The average Bonchev–Trinajstić information content (AvgIpc) is 3.17. The van der Waals surface area contributed by atoms with Crippen molar-refractivity contribution in [2.24, 2.45) is 5.92 Å². The minimum Gasteiger partial charge on any atom is -0.478 e. The van der Waals surface area contributed by atoms with Gasteiger partial charge < -0.3 is 10.4 Å². The summed E-state index contributed by atoms with van der Waals surface area (Å²) in [7, 11) is 0. The number of allylic oxidation sites excluding steroid dienone is 2. The maximum atomic E-state index is 11.6. The lowest BCUT2D eigenvalue weighted by molar-refractivity contribution is 0.0696. The van der Waals surface area contributed by atoms with Gasteiger partial charge in [0.05, 0.1) is 11.6 Å². The molecule has 0 fully saturated rings. The second kappa shape index (κ2) is 5.98. The number of anilines is 1. The third kappa shape index (κ3) is 2.38. The summed E-state index contributed by atoms with van der Waals surface area (Å²) >= 11 is 0. The van der Waals surface area contributed by atoms with E-state index in [0.717, 1.165) is 17.7 Å². The van der Waals surface area contributed by atoms with Gasteiger partial charge >= 0.3 is 5.97 Å². The zero-order chi connectivity index (χ0) is 18.5. The van der Waals surface area contributed by atoms with Gasteiger partial charge in [0.1, 0.15) is 0 Å². The van der Waals surface area contributed by atoms with Crippen molar-refractivity contribution < 1.29 is 9.90 Å². The van der Waals surface area contributed by atoms with Crippen LogP contribution in [0.1, 0.15) is 45.4 Å². The number of fused-ring (bicyclic) bond motifs is 4. The fraction of sp³-hybridized carbons (Fsp3) is 0.208. The molecule has 0 amide bonds. The molecule has 134 valence electrons. The van der Waals surface area contributed by atoms with E-state index in [1.807, 2.05) is 13.0 Å². The molecule has 3 aromatic rings. The number of nitrogens with one attached hydrogen (secondary N) is 1. The summed E-state index contributed by atoms with van der Waals surface area (Å²) in [6.45, 7) is 1.91. The second-order valence-corrected chi connectivity index (χ2v) is 7.55. The van der Waals surface area contributed by atoms with Gasteiger partial charge in [-0.2, -0.15) is 0 Å². The van der Waals surface area contributed by atoms with Gasteiger partial charge in [0.25, 0.3) is 0 Å². The van der Waals surface area contributed by atoms with Crippen molar-refractivity contribution in [3.63, 3.8) is 0 Å². The Labute approximate surface area is 158 Å². The summed E-state index contributed by atoms with van der Waals surface area (Å²) in [5, 5.41) is 15.8. The fourth-order valence-electron chi connectivity index (χ4n) is 4.88. The van der Waals surface area contributed by atoms with Crippen LogP contribution in [-0.2, 0) is 0 Å². The Morgan fingerprint density at radius 3 is 2.70 bits per heavy atom. The maximum Gasteiger partial charge on any atom is 0.336 e. The first-order chi connectivity index (χ1) is 13.1. The Morgan fingerprint density at radius 2 is 1.85 bits per heavy atom. The van der Waals surface area contributed by atoms with Gasteiger partial charge in [-0.25, -0.2) is 4.79 Å². The van der Waals surface area contributed by atoms with Crippen LogP contribution >= 0.6 is 0 Å². The molecule has 1 aliphatic carbocycles. The molecule has 3 aromatic carbocycles. The van der Waals surface area contributed by atoms with Crippen LogP contribution in [0.2, 0.25) is 0 Å². The van der Waals surface area contributed by atoms with Crippen molar-refractivity contribution in [2.45, 2.75) is 25.3 Å². The Morgan fingerprint density at radius 1 is 1.04 bits per heavy atom. The van der Waals surface area contributed by atoms with Crippen LogP contribution in [0.3, 0.4) is 0 Å². The van der Waals surface area contributed by atoms with E-state index in [9.17, 15) is 9.90 Å². The third-order valence-electron chi connectivity index (χ3n) is 6.19. The highest BCUT2D eigenvalue weighted by atomic mass is 16.4. The van der Waals surface area contributed by atoms with Gasteiger partial charge in [-0.1, -0.05) is 60.7 Å². The van der Waals surface area contributed by atoms with Crippen LogP contribution in [0, 0.1) is 12.8 Å². The molecule has 3 nitrogen and oxygen atoms in total. The highest BCUT2D eigenvalue weighted by Crippen LogP contribution is 2.51.